The zero-order chi connectivity index (χ0) is 16.6. The molecule has 0 bridgehead atoms. The minimum atomic E-state index is 0.890. The van der Waals surface area contributed by atoms with E-state index in [1.807, 2.05) is 0 Å². The molecular weight excluding hydrogens is 320 g/mol. The van der Waals surface area contributed by atoms with Gasteiger partial charge in [-0.1, -0.05) is 12.1 Å². The summed E-state index contributed by atoms with van der Waals surface area (Å²) in [5.74, 6) is 3.54. The minimum absolute atomic E-state index is 0.890. The van der Waals surface area contributed by atoms with Gasteiger partial charge in [-0.15, -0.1) is 0 Å². The Morgan fingerprint density at radius 1 is 1.08 bits per heavy atom. The molecule has 4 nitrogen and oxygen atoms in total. The van der Waals surface area contributed by atoms with Gasteiger partial charge in [0.05, 0.1) is 20.3 Å². The van der Waals surface area contributed by atoms with Crippen LogP contribution in [0.5, 0.6) is 5.75 Å². The molecule has 0 aromatic heterocycles. The molecule has 1 aromatic rings. The van der Waals surface area contributed by atoms with E-state index in [-0.39, 0.29) is 0 Å². The van der Waals surface area contributed by atoms with Gasteiger partial charge in [-0.25, -0.2) is 0 Å². The van der Waals surface area contributed by atoms with Crippen LogP contribution in [0.2, 0.25) is 0 Å². The van der Waals surface area contributed by atoms with Gasteiger partial charge >= 0.3 is 0 Å². The Morgan fingerprint density at radius 2 is 1.88 bits per heavy atom. The molecule has 134 valence electrons. The lowest BCUT2D eigenvalue weighted by Crippen LogP contribution is -2.36. The SMILES string of the molecule is COc1ccc(CCCN2CCOCC2)cc1CN1CCSCC1. The lowest BCUT2D eigenvalue weighted by molar-refractivity contribution is 0.0374. The highest BCUT2D eigenvalue weighted by Gasteiger charge is 2.14. The third kappa shape index (κ3) is 5.38. The Labute approximate surface area is 150 Å². The molecule has 0 radical (unpaired) electrons. The van der Waals surface area contributed by atoms with E-state index in [1.165, 1.54) is 48.7 Å². The van der Waals surface area contributed by atoms with E-state index in [1.54, 1.807) is 7.11 Å². The summed E-state index contributed by atoms with van der Waals surface area (Å²) in [6, 6.07) is 6.74. The summed E-state index contributed by atoms with van der Waals surface area (Å²) in [5, 5.41) is 0. The van der Waals surface area contributed by atoms with Gasteiger partial charge in [-0.05, 0) is 31.0 Å². The number of hydrogen-bond acceptors (Lipinski definition) is 5. The number of ether oxygens (including phenoxy) is 2. The van der Waals surface area contributed by atoms with E-state index in [4.69, 9.17) is 9.47 Å². The first-order chi connectivity index (χ1) is 11.8. The minimum Gasteiger partial charge on any atom is -0.496 e. The largest absolute Gasteiger partial charge is 0.496 e. The average Bonchev–Trinajstić information content (AvgIpc) is 2.64. The molecule has 2 heterocycles. The van der Waals surface area contributed by atoms with E-state index >= 15 is 0 Å². The van der Waals surface area contributed by atoms with Crippen LogP contribution in [-0.4, -0.2) is 74.4 Å². The first-order valence-corrected chi connectivity index (χ1v) is 10.3. The van der Waals surface area contributed by atoms with Crippen LogP contribution in [0.3, 0.4) is 0 Å². The highest BCUT2D eigenvalue weighted by atomic mass is 32.2. The van der Waals surface area contributed by atoms with Crippen molar-refractivity contribution in [3.63, 3.8) is 0 Å². The van der Waals surface area contributed by atoms with Crippen molar-refractivity contribution >= 4 is 11.8 Å². The molecule has 0 saturated carbocycles. The van der Waals surface area contributed by atoms with Crippen molar-refractivity contribution in [3.8, 4) is 5.75 Å². The van der Waals surface area contributed by atoms with Crippen molar-refractivity contribution < 1.29 is 9.47 Å². The van der Waals surface area contributed by atoms with Crippen LogP contribution in [0.4, 0.5) is 0 Å². The summed E-state index contributed by atoms with van der Waals surface area (Å²) in [6.45, 7) is 8.52. The van der Waals surface area contributed by atoms with Crippen LogP contribution in [0.25, 0.3) is 0 Å². The van der Waals surface area contributed by atoms with Crippen LogP contribution < -0.4 is 4.74 Å². The number of benzene rings is 1. The van der Waals surface area contributed by atoms with E-state index in [0.29, 0.717) is 0 Å². The number of thioether (sulfide) groups is 1. The maximum absolute atomic E-state index is 5.59. The molecule has 0 atom stereocenters. The van der Waals surface area contributed by atoms with E-state index < -0.39 is 0 Å². The van der Waals surface area contributed by atoms with E-state index in [9.17, 15) is 0 Å². The van der Waals surface area contributed by atoms with Crippen LogP contribution in [-0.2, 0) is 17.7 Å². The maximum Gasteiger partial charge on any atom is 0.123 e. The summed E-state index contributed by atoms with van der Waals surface area (Å²) in [6.07, 6.45) is 2.36. The van der Waals surface area contributed by atoms with Gasteiger partial charge in [-0.2, -0.15) is 11.8 Å². The van der Waals surface area contributed by atoms with Crippen LogP contribution >= 0.6 is 11.8 Å². The number of hydrogen-bond donors (Lipinski definition) is 0. The fraction of sp³-hybridized carbons (Fsp3) is 0.684. The molecule has 1 aromatic carbocycles. The highest BCUT2D eigenvalue weighted by Crippen LogP contribution is 2.23. The van der Waals surface area contributed by atoms with Crippen LogP contribution in [0, 0.1) is 0 Å². The van der Waals surface area contributed by atoms with Gasteiger partial charge in [0.2, 0.25) is 0 Å². The van der Waals surface area contributed by atoms with Gasteiger partial charge < -0.3 is 9.47 Å². The van der Waals surface area contributed by atoms with Gasteiger partial charge in [0, 0.05) is 49.8 Å². The standard InChI is InChI=1S/C19H30N2O2S/c1-22-19-5-4-17(3-2-6-20-7-11-23-12-8-20)15-18(19)16-21-9-13-24-14-10-21/h4-5,15H,2-3,6-14,16H2,1H3. The van der Waals surface area contributed by atoms with Gasteiger partial charge in [-0.3, -0.25) is 9.80 Å². The zero-order valence-corrected chi connectivity index (χ0v) is 15.7. The number of aryl methyl sites for hydroxylation is 1. The summed E-state index contributed by atoms with van der Waals surface area (Å²) < 4.78 is 11.0. The Balaban J connectivity index is 1.53. The predicted molar refractivity (Wildman–Crippen MR) is 101 cm³/mol. The summed E-state index contributed by atoms with van der Waals surface area (Å²) in [4.78, 5) is 5.06. The van der Waals surface area contributed by atoms with Crippen LogP contribution in [0.1, 0.15) is 17.5 Å². The summed E-state index contributed by atoms with van der Waals surface area (Å²) >= 11 is 2.06. The van der Waals surface area contributed by atoms with Crippen molar-refractivity contribution in [1.29, 1.82) is 0 Å². The molecule has 2 aliphatic rings. The molecule has 3 rings (SSSR count). The van der Waals surface area contributed by atoms with Crippen molar-refractivity contribution in [2.45, 2.75) is 19.4 Å². The van der Waals surface area contributed by atoms with Crippen molar-refractivity contribution in [1.82, 2.24) is 9.80 Å². The van der Waals surface area contributed by atoms with Crippen molar-refractivity contribution in [2.24, 2.45) is 0 Å². The van der Waals surface area contributed by atoms with E-state index in [2.05, 4.69) is 39.8 Å². The third-order valence-corrected chi connectivity index (χ3v) is 5.83. The molecule has 0 N–H and O–H groups in total. The Morgan fingerprint density at radius 3 is 2.62 bits per heavy atom. The van der Waals surface area contributed by atoms with Crippen molar-refractivity contribution in [2.75, 3.05) is 64.6 Å². The fourth-order valence-electron chi connectivity index (χ4n) is 3.44. The predicted octanol–water partition coefficient (Wildman–Crippen LogP) is 2.51. The van der Waals surface area contributed by atoms with Crippen molar-refractivity contribution in [3.05, 3.63) is 29.3 Å². The summed E-state index contributed by atoms with van der Waals surface area (Å²) in [7, 11) is 1.78. The molecule has 2 saturated heterocycles. The molecule has 0 aliphatic carbocycles. The van der Waals surface area contributed by atoms with E-state index in [0.717, 1.165) is 45.0 Å². The monoisotopic (exact) mass is 350 g/mol. The third-order valence-electron chi connectivity index (χ3n) is 4.89. The second-order valence-electron chi connectivity index (χ2n) is 6.59. The number of morpholine rings is 1. The molecule has 0 unspecified atom stereocenters. The lowest BCUT2D eigenvalue weighted by atomic mass is 10.0. The topological polar surface area (TPSA) is 24.9 Å². The zero-order valence-electron chi connectivity index (χ0n) is 14.8. The van der Waals surface area contributed by atoms with Crippen LogP contribution in [0.15, 0.2) is 18.2 Å². The van der Waals surface area contributed by atoms with Gasteiger partial charge in [0.15, 0.2) is 0 Å². The Kier molecular flexibility index (Phi) is 7.27. The molecule has 0 amide bonds. The van der Waals surface area contributed by atoms with Gasteiger partial charge in [0.1, 0.15) is 5.75 Å². The quantitative estimate of drug-likeness (QED) is 0.752. The number of methoxy groups -OCH3 is 1. The van der Waals surface area contributed by atoms with Gasteiger partial charge in [0.25, 0.3) is 0 Å². The first kappa shape index (κ1) is 18.1. The average molecular weight is 351 g/mol. The second-order valence-corrected chi connectivity index (χ2v) is 7.82. The molecule has 2 aliphatic heterocycles. The molecular formula is C19H30N2O2S. The molecule has 2 fully saturated rings. The Bertz CT molecular complexity index is 500. The molecule has 0 spiro atoms. The smallest absolute Gasteiger partial charge is 0.123 e. The fourth-order valence-corrected chi connectivity index (χ4v) is 4.42. The number of rotatable bonds is 7. The maximum atomic E-state index is 5.59. The molecule has 5 heteroatoms. The lowest BCUT2D eigenvalue weighted by Gasteiger charge is -2.27. The normalized spacial score (nSPS) is 20.2. The molecule has 24 heavy (non-hydrogen) atoms. The highest BCUT2D eigenvalue weighted by molar-refractivity contribution is 7.99. The summed E-state index contributed by atoms with van der Waals surface area (Å²) in [5.41, 5.74) is 2.78. The first-order valence-electron chi connectivity index (χ1n) is 9.11. The second kappa shape index (κ2) is 9.66. The number of nitrogens with zero attached hydrogens (tertiary/aromatic N) is 2. The Hall–Kier alpha value is -0.750.